The molecule has 1 aliphatic rings. The number of hydrogen-bond donors (Lipinski definition) is 1. The lowest BCUT2D eigenvalue weighted by molar-refractivity contribution is 0.207. The predicted molar refractivity (Wildman–Crippen MR) is 54.0 cm³/mol. The molecule has 0 aromatic carbocycles. The molecule has 5 heteroatoms. The van der Waals surface area contributed by atoms with Crippen LogP contribution in [0.4, 0.5) is 0 Å². The molecule has 14 heavy (non-hydrogen) atoms. The zero-order valence-electron chi connectivity index (χ0n) is 8.56. The highest BCUT2D eigenvalue weighted by Crippen LogP contribution is 2.05. The molecule has 1 N–H and O–H groups in total. The van der Waals surface area contributed by atoms with Gasteiger partial charge in [-0.2, -0.15) is 5.10 Å². The van der Waals surface area contributed by atoms with Gasteiger partial charge in [0.1, 0.15) is 12.7 Å². The molecule has 0 saturated carbocycles. The Morgan fingerprint density at radius 1 is 1.43 bits per heavy atom. The monoisotopic (exact) mass is 195 g/mol. The van der Waals surface area contributed by atoms with Gasteiger partial charge in [-0.1, -0.05) is 0 Å². The fourth-order valence-corrected chi connectivity index (χ4v) is 1.80. The van der Waals surface area contributed by atoms with Crippen LogP contribution in [0.3, 0.4) is 0 Å². The quantitative estimate of drug-likeness (QED) is 0.722. The van der Waals surface area contributed by atoms with E-state index in [1.54, 1.807) is 12.7 Å². The Morgan fingerprint density at radius 2 is 2.21 bits per heavy atom. The largest absolute Gasteiger partial charge is 0.314 e. The molecule has 0 spiro atoms. The van der Waals surface area contributed by atoms with E-state index in [1.165, 1.54) is 0 Å². The van der Waals surface area contributed by atoms with E-state index in [4.69, 9.17) is 0 Å². The van der Waals surface area contributed by atoms with Crippen LogP contribution in [0.2, 0.25) is 0 Å². The van der Waals surface area contributed by atoms with E-state index >= 15 is 0 Å². The minimum atomic E-state index is 0.413. The summed E-state index contributed by atoms with van der Waals surface area (Å²) in [6.45, 7) is 7.72. The van der Waals surface area contributed by atoms with Gasteiger partial charge in [0.05, 0.1) is 6.04 Å². The summed E-state index contributed by atoms with van der Waals surface area (Å²) in [5.41, 5.74) is 0. The smallest absolute Gasteiger partial charge is 0.137 e. The normalized spacial score (nSPS) is 20.9. The number of piperazine rings is 1. The maximum atomic E-state index is 4.14. The Morgan fingerprint density at radius 3 is 2.86 bits per heavy atom. The van der Waals surface area contributed by atoms with E-state index in [0.29, 0.717) is 6.04 Å². The van der Waals surface area contributed by atoms with Gasteiger partial charge in [-0.05, 0) is 6.92 Å². The molecule has 0 radical (unpaired) electrons. The van der Waals surface area contributed by atoms with Crippen molar-refractivity contribution >= 4 is 0 Å². The zero-order valence-corrected chi connectivity index (χ0v) is 8.56. The summed E-state index contributed by atoms with van der Waals surface area (Å²) in [4.78, 5) is 6.42. The second-order valence-electron chi connectivity index (χ2n) is 3.78. The van der Waals surface area contributed by atoms with E-state index in [2.05, 4.69) is 27.2 Å². The first-order chi connectivity index (χ1) is 6.86. The maximum absolute atomic E-state index is 4.14. The molecule has 1 saturated heterocycles. The van der Waals surface area contributed by atoms with Crippen LogP contribution in [0.5, 0.6) is 0 Å². The van der Waals surface area contributed by atoms with Crippen molar-refractivity contribution in [2.45, 2.75) is 13.0 Å². The third kappa shape index (κ3) is 2.30. The molecular formula is C9H17N5. The Balaban J connectivity index is 1.84. The van der Waals surface area contributed by atoms with E-state index in [9.17, 15) is 0 Å². The summed E-state index contributed by atoms with van der Waals surface area (Å²) in [6.07, 6.45) is 3.38. The van der Waals surface area contributed by atoms with Gasteiger partial charge >= 0.3 is 0 Å². The van der Waals surface area contributed by atoms with Gasteiger partial charge in [-0.15, -0.1) is 0 Å². The molecule has 0 amide bonds. The number of nitrogens with zero attached hydrogens (tertiary/aromatic N) is 4. The van der Waals surface area contributed by atoms with Crippen molar-refractivity contribution in [3.63, 3.8) is 0 Å². The summed E-state index contributed by atoms with van der Waals surface area (Å²) in [5, 5.41) is 7.49. The van der Waals surface area contributed by atoms with Gasteiger partial charge in [0, 0.05) is 32.7 Å². The van der Waals surface area contributed by atoms with Gasteiger partial charge in [0.2, 0.25) is 0 Å². The van der Waals surface area contributed by atoms with Crippen molar-refractivity contribution in [1.82, 2.24) is 25.0 Å². The summed E-state index contributed by atoms with van der Waals surface area (Å²) >= 11 is 0. The Hall–Kier alpha value is -0.940. The third-order valence-electron chi connectivity index (χ3n) is 2.62. The summed E-state index contributed by atoms with van der Waals surface area (Å²) in [7, 11) is 0. The molecule has 0 bridgehead atoms. The third-order valence-corrected chi connectivity index (χ3v) is 2.62. The lowest BCUT2D eigenvalue weighted by atomic mass is 10.3. The molecule has 1 aromatic rings. The average Bonchev–Trinajstić information content (AvgIpc) is 2.72. The minimum Gasteiger partial charge on any atom is -0.314 e. The van der Waals surface area contributed by atoms with Crippen LogP contribution in [0.25, 0.3) is 0 Å². The van der Waals surface area contributed by atoms with Gasteiger partial charge < -0.3 is 5.32 Å². The Bertz CT molecular complexity index is 252. The highest BCUT2D eigenvalue weighted by molar-refractivity contribution is 4.73. The Labute approximate surface area is 84.1 Å². The van der Waals surface area contributed by atoms with E-state index in [-0.39, 0.29) is 0 Å². The molecule has 0 aliphatic carbocycles. The molecule has 1 aliphatic heterocycles. The highest BCUT2D eigenvalue weighted by Gasteiger charge is 2.13. The summed E-state index contributed by atoms with van der Waals surface area (Å²) in [6, 6.07) is 0.413. The van der Waals surface area contributed by atoms with Crippen molar-refractivity contribution in [3.8, 4) is 0 Å². The molecule has 5 nitrogen and oxygen atoms in total. The van der Waals surface area contributed by atoms with Crippen molar-refractivity contribution in [2.24, 2.45) is 0 Å². The van der Waals surface area contributed by atoms with E-state index in [1.807, 2.05) is 4.68 Å². The van der Waals surface area contributed by atoms with Crippen LogP contribution in [0.1, 0.15) is 13.0 Å². The molecule has 1 aromatic heterocycles. The van der Waals surface area contributed by atoms with Crippen molar-refractivity contribution in [3.05, 3.63) is 12.7 Å². The SMILES string of the molecule is CC(CN1CCNCC1)n1cncn1. The number of rotatable bonds is 3. The lowest BCUT2D eigenvalue weighted by Gasteiger charge is -2.29. The van der Waals surface area contributed by atoms with Crippen LogP contribution >= 0.6 is 0 Å². The summed E-state index contributed by atoms with van der Waals surface area (Å²) < 4.78 is 1.92. The van der Waals surface area contributed by atoms with Gasteiger partial charge in [0.15, 0.2) is 0 Å². The second kappa shape index (κ2) is 4.52. The van der Waals surface area contributed by atoms with Gasteiger partial charge in [-0.25, -0.2) is 9.67 Å². The van der Waals surface area contributed by atoms with Crippen molar-refractivity contribution in [2.75, 3.05) is 32.7 Å². The number of hydrogen-bond acceptors (Lipinski definition) is 4. The van der Waals surface area contributed by atoms with Crippen molar-refractivity contribution < 1.29 is 0 Å². The van der Waals surface area contributed by atoms with Crippen LogP contribution in [0.15, 0.2) is 12.7 Å². The fraction of sp³-hybridized carbons (Fsp3) is 0.778. The van der Waals surface area contributed by atoms with E-state index < -0.39 is 0 Å². The zero-order chi connectivity index (χ0) is 9.80. The van der Waals surface area contributed by atoms with Crippen LogP contribution in [-0.4, -0.2) is 52.4 Å². The predicted octanol–water partition coefficient (Wildman–Crippen LogP) is -0.256. The molecule has 78 valence electrons. The van der Waals surface area contributed by atoms with Crippen molar-refractivity contribution in [1.29, 1.82) is 0 Å². The van der Waals surface area contributed by atoms with Gasteiger partial charge in [0.25, 0.3) is 0 Å². The number of nitrogens with one attached hydrogen (secondary N) is 1. The maximum Gasteiger partial charge on any atom is 0.137 e. The van der Waals surface area contributed by atoms with Crippen LogP contribution in [-0.2, 0) is 0 Å². The topological polar surface area (TPSA) is 46.0 Å². The first-order valence-electron chi connectivity index (χ1n) is 5.13. The Kier molecular flexibility index (Phi) is 3.10. The minimum absolute atomic E-state index is 0.413. The molecular weight excluding hydrogens is 178 g/mol. The molecule has 2 heterocycles. The second-order valence-corrected chi connectivity index (χ2v) is 3.78. The highest BCUT2D eigenvalue weighted by atomic mass is 15.3. The number of aromatic nitrogens is 3. The standard InChI is InChI=1S/C9H17N5/c1-9(14-8-11-7-12-14)6-13-4-2-10-3-5-13/h7-10H,2-6H2,1H3. The average molecular weight is 195 g/mol. The first-order valence-corrected chi connectivity index (χ1v) is 5.13. The van der Waals surface area contributed by atoms with Crippen LogP contribution < -0.4 is 5.32 Å². The molecule has 1 unspecified atom stereocenters. The fourth-order valence-electron chi connectivity index (χ4n) is 1.80. The first kappa shape index (κ1) is 9.61. The van der Waals surface area contributed by atoms with E-state index in [0.717, 1.165) is 32.7 Å². The lowest BCUT2D eigenvalue weighted by Crippen LogP contribution is -2.45. The molecule has 1 fully saturated rings. The molecule has 2 rings (SSSR count). The molecule has 1 atom stereocenters. The van der Waals surface area contributed by atoms with Gasteiger partial charge in [-0.3, -0.25) is 4.90 Å². The summed E-state index contributed by atoms with van der Waals surface area (Å²) in [5.74, 6) is 0. The van der Waals surface area contributed by atoms with Crippen LogP contribution in [0, 0.1) is 0 Å².